The van der Waals surface area contributed by atoms with E-state index in [1.807, 2.05) is 0 Å². The third-order valence-electron chi connectivity index (χ3n) is 12.5. The molecule has 2 nitrogen and oxygen atoms in total. The molecule has 258 valence electrons. The molecular formula is C52H40N2. The van der Waals surface area contributed by atoms with Crippen LogP contribution in [0.25, 0.3) is 60.5 Å². The van der Waals surface area contributed by atoms with Gasteiger partial charge in [-0.15, -0.1) is 0 Å². The van der Waals surface area contributed by atoms with Gasteiger partial charge in [0.1, 0.15) is 0 Å². The molecular weight excluding hydrogens is 653 g/mol. The maximum Gasteiger partial charge on any atom is 0.0626 e. The van der Waals surface area contributed by atoms with Crippen LogP contribution in [0.2, 0.25) is 0 Å². The Bertz CT molecular complexity index is 2980. The summed E-state index contributed by atoms with van der Waals surface area (Å²) in [5.41, 5.74) is 17.7. The third-order valence-corrected chi connectivity index (χ3v) is 12.5. The first-order chi connectivity index (χ1) is 26.3. The second kappa shape index (κ2) is 11.1. The molecule has 0 saturated carbocycles. The molecule has 0 radical (unpaired) electrons. The number of nitrogens with zero attached hydrogens (tertiary/aromatic N) is 2. The van der Waals surface area contributed by atoms with Crippen molar-refractivity contribution in [2.24, 2.45) is 0 Å². The summed E-state index contributed by atoms with van der Waals surface area (Å²) in [7, 11) is 0. The van der Waals surface area contributed by atoms with Gasteiger partial charge < -0.3 is 9.47 Å². The summed E-state index contributed by atoms with van der Waals surface area (Å²) in [5, 5.41) is 5.23. The smallest absolute Gasteiger partial charge is 0.0626 e. The first kappa shape index (κ1) is 31.2. The molecule has 0 saturated heterocycles. The third kappa shape index (κ3) is 4.17. The number of para-hydroxylation sites is 2. The van der Waals surface area contributed by atoms with E-state index in [2.05, 4.69) is 207 Å². The summed E-state index contributed by atoms with van der Waals surface area (Å²) < 4.78 is 2.51. The number of benzene rings is 8. The lowest BCUT2D eigenvalue weighted by Crippen LogP contribution is -2.23. The maximum atomic E-state index is 2.51. The Morgan fingerprint density at radius 2 is 1.02 bits per heavy atom. The average molecular weight is 693 g/mol. The van der Waals surface area contributed by atoms with Gasteiger partial charge in [0, 0.05) is 49.9 Å². The van der Waals surface area contributed by atoms with E-state index in [-0.39, 0.29) is 10.8 Å². The molecule has 0 atom stereocenters. The predicted molar refractivity (Wildman–Crippen MR) is 228 cm³/mol. The molecule has 0 fully saturated rings. The molecule has 0 N–H and O–H groups in total. The van der Waals surface area contributed by atoms with Crippen molar-refractivity contribution in [2.45, 2.75) is 38.5 Å². The van der Waals surface area contributed by atoms with E-state index in [0.29, 0.717) is 0 Å². The molecule has 1 aromatic heterocycles. The van der Waals surface area contributed by atoms with Crippen molar-refractivity contribution in [3.63, 3.8) is 0 Å². The van der Waals surface area contributed by atoms with Crippen molar-refractivity contribution in [3.05, 3.63) is 192 Å². The van der Waals surface area contributed by atoms with Crippen molar-refractivity contribution >= 4 is 49.6 Å². The molecule has 1 heterocycles. The summed E-state index contributed by atoms with van der Waals surface area (Å²) in [5.74, 6) is 0. The Hall–Kier alpha value is -6.38. The maximum absolute atomic E-state index is 2.51. The predicted octanol–water partition coefficient (Wildman–Crippen LogP) is 14.0. The Morgan fingerprint density at radius 1 is 0.426 bits per heavy atom. The Morgan fingerprint density at radius 3 is 1.81 bits per heavy atom. The highest BCUT2D eigenvalue weighted by Gasteiger charge is 2.37. The van der Waals surface area contributed by atoms with Crippen molar-refractivity contribution < 1.29 is 0 Å². The minimum absolute atomic E-state index is 0.0805. The van der Waals surface area contributed by atoms with E-state index >= 15 is 0 Å². The van der Waals surface area contributed by atoms with Crippen molar-refractivity contribution in [3.8, 4) is 27.9 Å². The lowest BCUT2D eigenvalue weighted by atomic mass is 9.68. The molecule has 0 aliphatic heterocycles. The van der Waals surface area contributed by atoms with Crippen LogP contribution in [-0.2, 0) is 10.8 Å². The molecule has 2 heteroatoms. The fourth-order valence-corrected chi connectivity index (χ4v) is 9.95. The fourth-order valence-electron chi connectivity index (χ4n) is 9.95. The number of aromatic nitrogens is 1. The van der Waals surface area contributed by atoms with Crippen LogP contribution in [0.3, 0.4) is 0 Å². The van der Waals surface area contributed by atoms with Gasteiger partial charge in [-0.2, -0.15) is 0 Å². The van der Waals surface area contributed by atoms with Gasteiger partial charge in [-0.05, 0) is 110 Å². The van der Waals surface area contributed by atoms with Crippen LogP contribution in [0, 0.1) is 0 Å². The number of hydrogen-bond donors (Lipinski definition) is 0. The molecule has 8 aromatic carbocycles. The standard InChI is InChI=1S/C52H40N2/c1-51(2)44-22-12-9-20-41(44)49-48-33(15-14-23-45(48)51)31-42-40-19-10-13-24-47(40)54(50(42)49)36-27-25-35(26-28-36)53(34-16-6-5-7-17-34)37-29-30-39-38-18-8-11-21-43(38)52(3,4)46(39)32-37/h5-32H,1-4H3. The highest BCUT2D eigenvalue weighted by molar-refractivity contribution is 6.23. The van der Waals surface area contributed by atoms with Crippen LogP contribution in [0.4, 0.5) is 17.1 Å². The highest BCUT2D eigenvalue weighted by atomic mass is 15.1. The SMILES string of the molecule is CC1(C)c2ccccc2-c2ccc(N(c3ccccc3)c3ccc(-n4c5ccccc5c5cc6cccc7c6c(c54)-c4ccccc4C7(C)C)cc3)cc21. The zero-order valence-corrected chi connectivity index (χ0v) is 31.1. The van der Waals surface area contributed by atoms with E-state index in [1.165, 1.54) is 77.1 Å². The van der Waals surface area contributed by atoms with Crippen LogP contribution >= 0.6 is 0 Å². The molecule has 0 amide bonds. The van der Waals surface area contributed by atoms with E-state index < -0.39 is 0 Å². The summed E-state index contributed by atoms with van der Waals surface area (Å²) in [6, 6.07) is 63.2. The first-order valence-electron chi connectivity index (χ1n) is 19.1. The van der Waals surface area contributed by atoms with Gasteiger partial charge in [0.15, 0.2) is 0 Å². The van der Waals surface area contributed by atoms with Gasteiger partial charge >= 0.3 is 0 Å². The van der Waals surface area contributed by atoms with Crippen LogP contribution < -0.4 is 4.90 Å². The second-order valence-corrected chi connectivity index (χ2v) is 16.2. The van der Waals surface area contributed by atoms with Crippen molar-refractivity contribution in [1.82, 2.24) is 4.57 Å². The van der Waals surface area contributed by atoms with Gasteiger partial charge in [-0.3, -0.25) is 0 Å². The van der Waals surface area contributed by atoms with Crippen LogP contribution in [-0.4, -0.2) is 4.57 Å². The number of rotatable bonds is 4. The quantitative estimate of drug-likeness (QED) is 0.178. The Balaban J connectivity index is 1.13. The molecule has 9 aromatic rings. The fraction of sp³-hybridized carbons (Fsp3) is 0.115. The largest absolute Gasteiger partial charge is 0.310 e. The Labute approximate surface area is 316 Å². The van der Waals surface area contributed by atoms with E-state index in [1.54, 1.807) is 0 Å². The lowest BCUT2D eigenvalue weighted by molar-refractivity contribution is 0.645. The molecule has 0 bridgehead atoms. The monoisotopic (exact) mass is 692 g/mol. The number of hydrogen-bond acceptors (Lipinski definition) is 1. The van der Waals surface area contributed by atoms with Gasteiger partial charge in [-0.1, -0.05) is 137 Å². The van der Waals surface area contributed by atoms with E-state index in [4.69, 9.17) is 0 Å². The molecule has 54 heavy (non-hydrogen) atoms. The first-order valence-corrected chi connectivity index (χ1v) is 19.1. The normalized spacial score (nSPS) is 14.6. The number of fused-ring (bicyclic) bond motifs is 9. The number of anilines is 3. The lowest BCUT2D eigenvalue weighted by Gasteiger charge is -2.35. The zero-order chi connectivity index (χ0) is 36.3. The molecule has 2 aliphatic carbocycles. The van der Waals surface area contributed by atoms with Gasteiger partial charge in [-0.25, -0.2) is 0 Å². The van der Waals surface area contributed by atoms with E-state index in [0.717, 1.165) is 22.7 Å². The zero-order valence-electron chi connectivity index (χ0n) is 31.1. The van der Waals surface area contributed by atoms with Crippen molar-refractivity contribution in [1.29, 1.82) is 0 Å². The van der Waals surface area contributed by atoms with Gasteiger partial charge in [0.05, 0.1) is 11.0 Å². The van der Waals surface area contributed by atoms with Gasteiger partial charge in [0.25, 0.3) is 0 Å². The summed E-state index contributed by atoms with van der Waals surface area (Å²) in [6.07, 6.45) is 0. The van der Waals surface area contributed by atoms with Crippen LogP contribution in [0.1, 0.15) is 49.9 Å². The molecule has 2 aliphatic rings. The second-order valence-electron chi connectivity index (χ2n) is 16.2. The van der Waals surface area contributed by atoms with Crippen LogP contribution in [0.5, 0.6) is 0 Å². The minimum atomic E-state index is -0.105. The summed E-state index contributed by atoms with van der Waals surface area (Å²) >= 11 is 0. The molecule has 11 rings (SSSR count). The summed E-state index contributed by atoms with van der Waals surface area (Å²) in [4.78, 5) is 2.40. The average Bonchev–Trinajstić information content (AvgIpc) is 3.65. The van der Waals surface area contributed by atoms with E-state index in [9.17, 15) is 0 Å². The van der Waals surface area contributed by atoms with Gasteiger partial charge in [0.2, 0.25) is 0 Å². The highest BCUT2D eigenvalue weighted by Crippen LogP contribution is 2.53. The van der Waals surface area contributed by atoms with Crippen LogP contribution in [0.15, 0.2) is 170 Å². The molecule has 0 spiro atoms. The Kier molecular flexibility index (Phi) is 6.39. The topological polar surface area (TPSA) is 8.17 Å². The van der Waals surface area contributed by atoms with Crippen molar-refractivity contribution in [2.75, 3.05) is 4.90 Å². The molecule has 0 unspecified atom stereocenters. The minimum Gasteiger partial charge on any atom is -0.310 e. The summed E-state index contributed by atoms with van der Waals surface area (Å²) in [6.45, 7) is 9.46.